The molecule has 0 aliphatic carbocycles. The topological polar surface area (TPSA) is 24.3 Å². The highest BCUT2D eigenvalue weighted by Crippen LogP contribution is 2.12. The van der Waals surface area contributed by atoms with Crippen molar-refractivity contribution < 1.29 is 9.42 Å². The van der Waals surface area contributed by atoms with Gasteiger partial charge in [-0.25, -0.2) is 0 Å². The van der Waals surface area contributed by atoms with Crippen molar-refractivity contribution >= 4 is 22.9 Å². The first-order chi connectivity index (χ1) is 7.70. The van der Waals surface area contributed by atoms with Gasteiger partial charge in [-0.1, -0.05) is 12.2 Å². The third-order valence-corrected chi connectivity index (χ3v) is 3.03. The minimum absolute atomic E-state index is 0.876. The van der Waals surface area contributed by atoms with Crippen molar-refractivity contribution in [2.24, 2.45) is 0 Å². The number of hydrogen-bond acceptors (Lipinski definition) is 2. The summed E-state index contributed by atoms with van der Waals surface area (Å²) in [5.74, 6) is 0.876. The van der Waals surface area contributed by atoms with E-state index in [1.807, 2.05) is 12.1 Å². The number of hydrazine groups is 1. The number of ether oxygens (including phenoxy) is 1. The third kappa shape index (κ3) is 2.22. The number of thiocarbonyl (C=S) groups is 1. The summed E-state index contributed by atoms with van der Waals surface area (Å²) in [4.78, 5) is 0.910. The van der Waals surface area contributed by atoms with Crippen LogP contribution >= 0.6 is 12.2 Å². The Hall–Kier alpha value is -1.42. The van der Waals surface area contributed by atoms with E-state index in [0.717, 1.165) is 23.7 Å². The molecule has 1 aromatic carbocycles. The normalized spacial score (nSPS) is 18.2. The van der Waals surface area contributed by atoms with Crippen molar-refractivity contribution in [1.29, 1.82) is 0 Å². The summed E-state index contributed by atoms with van der Waals surface area (Å²) in [7, 11) is 1.67. The van der Waals surface area contributed by atoms with Crippen LogP contribution in [0.15, 0.2) is 24.3 Å². The van der Waals surface area contributed by atoms with Gasteiger partial charge in [-0.2, -0.15) is 5.43 Å². The predicted molar refractivity (Wildman–Crippen MR) is 68.3 cm³/mol. The summed E-state index contributed by atoms with van der Waals surface area (Å²) in [5.41, 5.74) is 5.54. The first-order valence-electron chi connectivity index (χ1n) is 5.25. The number of hydrogen-bond donors (Lipinski definition) is 1. The zero-order chi connectivity index (χ0) is 11.5. The van der Waals surface area contributed by atoms with Gasteiger partial charge in [0.1, 0.15) is 10.7 Å². The molecule has 1 aliphatic rings. The van der Waals surface area contributed by atoms with Gasteiger partial charge in [0.05, 0.1) is 13.5 Å². The summed E-state index contributed by atoms with van der Waals surface area (Å²) < 4.78 is 7.22. The second-order valence-electron chi connectivity index (χ2n) is 3.75. The first kappa shape index (κ1) is 11.1. The van der Waals surface area contributed by atoms with E-state index >= 15 is 0 Å². The molecule has 0 radical (unpaired) electrons. The van der Waals surface area contributed by atoms with Gasteiger partial charge >= 0.3 is 0 Å². The number of methoxy groups -OCH3 is 1. The minimum Gasteiger partial charge on any atom is -0.497 e. The largest absolute Gasteiger partial charge is 0.497 e. The minimum atomic E-state index is 0.876. The molecule has 1 saturated heterocycles. The Morgan fingerprint density at radius 2 is 2.06 bits per heavy atom. The molecule has 1 aliphatic heterocycles. The standard InChI is InChI=1S/C12H14N2OS/c1-9(14-8-7-12(16)13-14)10-3-5-11(15-2)6-4-10/h3-6H,7-8H2,1-2H3/p+1. The van der Waals surface area contributed by atoms with Gasteiger partial charge in [-0.3, -0.25) is 0 Å². The lowest BCUT2D eigenvalue weighted by atomic mass is 10.1. The first-order valence-corrected chi connectivity index (χ1v) is 5.66. The lowest BCUT2D eigenvalue weighted by Gasteiger charge is -2.02. The third-order valence-electron chi connectivity index (χ3n) is 2.73. The highest BCUT2D eigenvalue weighted by molar-refractivity contribution is 7.80. The molecule has 1 N–H and O–H groups in total. The molecule has 0 aromatic heterocycles. The average molecular weight is 235 g/mol. The Bertz CT molecular complexity index is 437. The zero-order valence-corrected chi connectivity index (χ0v) is 10.3. The molecule has 2 rings (SSSR count). The molecule has 1 fully saturated rings. The second kappa shape index (κ2) is 4.61. The van der Waals surface area contributed by atoms with E-state index < -0.39 is 0 Å². The molecule has 0 saturated carbocycles. The summed E-state index contributed by atoms with van der Waals surface area (Å²) in [5, 5.41) is 0. The van der Waals surface area contributed by atoms with Gasteiger partial charge in [0.2, 0.25) is 5.71 Å². The van der Waals surface area contributed by atoms with Crippen molar-refractivity contribution in [3.8, 4) is 5.75 Å². The van der Waals surface area contributed by atoms with Gasteiger partial charge in [0.25, 0.3) is 0 Å². The quantitative estimate of drug-likeness (QED) is 0.624. The van der Waals surface area contributed by atoms with Crippen molar-refractivity contribution in [2.75, 3.05) is 13.7 Å². The van der Waals surface area contributed by atoms with E-state index in [0.29, 0.717) is 0 Å². The van der Waals surface area contributed by atoms with Crippen molar-refractivity contribution in [3.63, 3.8) is 0 Å². The number of nitrogens with one attached hydrogen (secondary N) is 1. The monoisotopic (exact) mass is 235 g/mol. The van der Waals surface area contributed by atoms with E-state index in [1.54, 1.807) is 7.11 Å². The summed E-state index contributed by atoms with van der Waals surface area (Å²) in [6, 6.07) is 8.04. The molecule has 0 unspecified atom stereocenters. The molecule has 3 nitrogen and oxygen atoms in total. The average Bonchev–Trinajstić information content (AvgIpc) is 2.75. The number of hydrazone groups is 1. The van der Waals surface area contributed by atoms with Crippen LogP contribution in [0.4, 0.5) is 0 Å². The lowest BCUT2D eigenvalue weighted by Crippen LogP contribution is -2.28. The van der Waals surface area contributed by atoms with E-state index in [4.69, 9.17) is 17.0 Å². The summed E-state index contributed by atoms with van der Waals surface area (Å²) in [6.45, 7) is 3.03. The van der Waals surface area contributed by atoms with E-state index in [9.17, 15) is 0 Å². The van der Waals surface area contributed by atoms with Gasteiger partial charge in [-0.15, -0.1) is 4.68 Å². The van der Waals surface area contributed by atoms with E-state index in [1.165, 1.54) is 11.3 Å². The molecule has 0 bridgehead atoms. The van der Waals surface area contributed by atoms with Crippen LogP contribution in [0.2, 0.25) is 0 Å². The maximum absolute atomic E-state index is 5.13. The molecular formula is C12H15N2OS+. The maximum atomic E-state index is 5.13. The SMILES string of the molecule is COc1ccc(C(C)=[N+]2CCC(=S)N2)cc1. The fourth-order valence-corrected chi connectivity index (χ4v) is 1.92. The number of nitrogens with zero attached hydrogens (tertiary/aromatic N) is 1. The van der Waals surface area contributed by atoms with Crippen LogP contribution < -0.4 is 10.2 Å². The van der Waals surface area contributed by atoms with Gasteiger partial charge < -0.3 is 4.74 Å². The highest BCUT2D eigenvalue weighted by atomic mass is 32.1. The molecule has 0 spiro atoms. The van der Waals surface area contributed by atoms with E-state index in [2.05, 4.69) is 29.2 Å². The van der Waals surface area contributed by atoms with Crippen molar-refractivity contribution in [1.82, 2.24) is 5.43 Å². The Morgan fingerprint density at radius 1 is 1.38 bits per heavy atom. The number of rotatable bonds is 2. The van der Waals surface area contributed by atoms with Crippen molar-refractivity contribution in [3.05, 3.63) is 29.8 Å². The molecule has 1 heterocycles. The summed E-state index contributed by atoms with van der Waals surface area (Å²) >= 11 is 5.12. The van der Waals surface area contributed by atoms with Gasteiger partial charge in [0.15, 0.2) is 6.54 Å². The van der Waals surface area contributed by atoms with Crippen LogP contribution in [0.5, 0.6) is 5.75 Å². The molecule has 0 atom stereocenters. The van der Waals surface area contributed by atoms with Crippen molar-refractivity contribution in [2.45, 2.75) is 13.3 Å². The van der Waals surface area contributed by atoms with E-state index in [-0.39, 0.29) is 0 Å². The molecule has 16 heavy (non-hydrogen) atoms. The van der Waals surface area contributed by atoms with Gasteiger partial charge in [0, 0.05) is 12.5 Å². The molecule has 0 amide bonds. The maximum Gasteiger partial charge on any atom is 0.210 e. The van der Waals surface area contributed by atoms with Crippen LogP contribution in [-0.4, -0.2) is 29.0 Å². The smallest absolute Gasteiger partial charge is 0.210 e. The van der Waals surface area contributed by atoms with Crippen LogP contribution in [0.1, 0.15) is 18.9 Å². The zero-order valence-electron chi connectivity index (χ0n) is 9.49. The van der Waals surface area contributed by atoms with Crippen LogP contribution in [0.3, 0.4) is 0 Å². The van der Waals surface area contributed by atoms with Crippen LogP contribution in [0.25, 0.3) is 0 Å². The molecule has 84 valence electrons. The lowest BCUT2D eigenvalue weighted by molar-refractivity contribution is -0.555. The predicted octanol–water partition coefficient (Wildman–Crippen LogP) is 1.75. The Balaban J connectivity index is 2.26. The molecule has 4 heteroatoms. The Labute approximate surface area is 101 Å². The Morgan fingerprint density at radius 3 is 2.56 bits per heavy atom. The van der Waals surface area contributed by atoms with Gasteiger partial charge in [-0.05, 0) is 24.3 Å². The second-order valence-corrected chi connectivity index (χ2v) is 4.24. The van der Waals surface area contributed by atoms with Crippen LogP contribution in [0, 0.1) is 0 Å². The molecular weight excluding hydrogens is 220 g/mol. The fourth-order valence-electron chi connectivity index (χ4n) is 1.72. The highest BCUT2D eigenvalue weighted by Gasteiger charge is 2.21. The van der Waals surface area contributed by atoms with Crippen LogP contribution in [-0.2, 0) is 0 Å². The Kier molecular flexibility index (Phi) is 3.19. The number of benzene rings is 1. The summed E-state index contributed by atoms with van der Waals surface area (Å²) in [6.07, 6.45) is 0.933. The molecule has 1 aromatic rings. The fraction of sp³-hybridized carbons (Fsp3) is 0.333.